The van der Waals surface area contributed by atoms with Crippen LogP contribution in [0.5, 0.6) is 0 Å². The Kier molecular flexibility index (Phi) is 10.3. The van der Waals surface area contributed by atoms with E-state index in [1.54, 1.807) is 29.2 Å². The van der Waals surface area contributed by atoms with Crippen LogP contribution in [0.4, 0.5) is 17.1 Å². The first-order valence-electron chi connectivity index (χ1n) is 22.9. The van der Waals surface area contributed by atoms with Gasteiger partial charge in [-0.1, -0.05) is 125 Å². The minimum Gasteiger partial charge on any atom is -0.512 e. The lowest BCUT2D eigenvalue weighted by molar-refractivity contribution is -0.113. The molecule has 62 heavy (non-hydrogen) atoms. The van der Waals surface area contributed by atoms with Crippen molar-refractivity contribution in [1.82, 2.24) is 0 Å². The number of fused-ring (bicyclic) bond motifs is 1. The van der Waals surface area contributed by atoms with Gasteiger partial charge in [0.2, 0.25) is 0 Å². The molecule has 0 saturated carbocycles. The quantitative estimate of drug-likeness (QED) is 0.111. The molecule has 1 unspecified atom stereocenters. The van der Waals surface area contributed by atoms with Crippen molar-refractivity contribution in [3.63, 3.8) is 0 Å². The molecule has 0 aliphatic heterocycles. The Labute approximate surface area is 370 Å². The van der Waals surface area contributed by atoms with Crippen LogP contribution in [-0.4, -0.2) is 10.9 Å². The summed E-state index contributed by atoms with van der Waals surface area (Å²) in [6.07, 6.45) is 6.52. The monoisotopic (exact) mass is 817 g/mol. The number of allylic oxidation sites excluding steroid dienone is 2. The predicted molar refractivity (Wildman–Crippen MR) is 259 cm³/mol. The third-order valence-corrected chi connectivity index (χ3v) is 15.5. The highest BCUT2D eigenvalue weighted by molar-refractivity contribution is 5.94. The van der Waals surface area contributed by atoms with Crippen LogP contribution in [0.2, 0.25) is 0 Å². The van der Waals surface area contributed by atoms with Gasteiger partial charge in [0.1, 0.15) is 0 Å². The molecule has 0 radical (unpaired) electrons. The van der Waals surface area contributed by atoms with Crippen molar-refractivity contribution in [2.24, 2.45) is 5.92 Å². The molecule has 3 nitrogen and oxygen atoms in total. The second-order valence-electron chi connectivity index (χ2n) is 20.0. The fourth-order valence-electron chi connectivity index (χ4n) is 12.0. The van der Waals surface area contributed by atoms with E-state index in [9.17, 15) is 9.90 Å². The van der Waals surface area contributed by atoms with Gasteiger partial charge >= 0.3 is 0 Å². The fourth-order valence-corrected chi connectivity index (χ4v) is 12.0. The third-order valence-electron chi connectivity index (χ3n) is 15.5. The molecule has 3 aliphatic carbocycles. The van der Waals surface area contributed by atoms with Crippen molar-refractivity contribution in [2.45, 2.75) is 124 Å². The van der Waals surface area contributed by atoms with E-state index in [1.165, 1.54) is 71.6 Å². The van der Waals surface area contributed by atoms with E-state index in [0.717, 1.165) is 40.2 Å². The first-order valence-corrected chi connectivity index (χ1v) is 22.9. The zero-order valence-corrected chi connectivity index (χ0v) is 38.6. The Hall–Kier alpha value is -5.67. The number of anilines is 3. The Bertz CT molecular complexity index is 2760. The van der Waals surface area contributed by atoms with E-state index in [0.29, 0.717) is 17.9 Å². The second kappa shape index (κ2) is 15.3. The number of carbonyl (C=O) groups is 1. The van der Waals surface area contributed by atoms with Gasteiger partial charge in [-0.25, -0.2) is 0 Å². The van der Waals surface area contributed by atoms with Gasteiger partial charge in [0, 0.05) is 45.3 Å². The Morgan fingerprint density at radius 2 is 1.18 bits per heavy atom. The molecular weight excluding hydrogens is 755 g/mol. The highest BCUT2D eigenvalue weighted by Gasteiger charge is 2.53. The summed E-state index contributed by atoms with van der Waals surface area (Å²) in [5.74, 6) is 0.627. The lowest BCUT2D eigenvalue weighted by Gasteiger charge is -2.47. The van der Waals surface area contributed by atoms with E-state index < -0.39 is 0 Å². The molecule has 0 heterocycles. The molecule has 9 rings (SSSR count). The predicted octanol–water partition coefficient (Wildman–Crippen LogP) is 14.9. The zero-order chi connectivity index (χ0) is 43.9. The van der Waals surface area contributed by atoms with Crippen LogP contribution in [0.15, 0.2) is 127 Å². The van der Waals surface area contributed by atoms with Crippen LogP contribution in [0.25, 0.3) is 11.1 Å². The largest absolute Gasteiger partial charge is 0.512 e. The summed E-state index contributed by atoms with van der Waals surface area (Å²) >= 11 is 0. The van der Waals surface area contributed by atoms with E-state index in [2.05, 4.69) is 176 Å². The Morgan fingerprint density at radius 3 is 1.76 bits per heavy atom. The average Bonchev–Trinajstić information content (AvgIpc) is 3.55. The summed E-state index contributed by atoms with van der Waals surface area (Å²) < 4.78 is 0. The van der Waals surface area contributed by atoms with E-state index in [-0.39, 0.29) is 27.8 Å². The average molecular weight is 818 g/mol. The number of hydrogen-bond acceptors (Lipinski definition) is 3. The maximum absolute atomic E-state index is 12.5. The molecule has 0 amide bonds. The Balaban J connectivity index is 1.07. The van der Waals surface area contributed by atoms with Crippen molar-refractivity contribution >= 4 is 22.8 Å². The Morgan fingerprint density at radius 1 is 0.661 bits per heavy atom. The van der Waals surface area contributed by atoms with Gasteiger partial charge in [0.15, 0.2) is 5.78 Å². The maximum atomic E-state index is 12.5. The van der Waals surface area contributed by atoms with Crippen molar-refractivity contribution in [1.29, 1.82) is 0 Å². The van der Waals surface area contributed by atoms with E-state index in [1.807, 2.05) is 0 Å². The van der Waals surface area contributed by atoms with Crippen LogP contribution < -0.4 is 4.90 Å². The molecule has 0 saturated heterocycles. The molecule has 0 fully saturated rings. The molecule has 6 aromatic carbocycles. The van der Waals surface area contributed by atoms with E-state index in [4.69, 9.17) is 0 Å². The number of ketones is 1. The van der Waals surface area contributed by atoms with Crippen LogP contribution in [-0.2, 0) is 40.3 Å². The minimum absolute atomic E-state index is 0.0872. The highest BCUT2D eigenvalue weighted by Crippen LogP contribution is 2.63. The molecule has 316 valence electrons. The van der Waals surface area contributed by atoms with Crippen LogP contribution in [0.1, 0.15) is 134 Å². The number of hydrogen-bond donors (Lipinski definition) is 1. The molecule has 6 aromatic rings. The van der Waals surface area contributed by atoms with Gasteiger partial charge in [0.05, 0.1) is 5.76 Å². The molecule has 3 heteroatoms. The van der Waals surface area contributed by atoms with Gasteiger partial charge < -0.3 is 10.0 Å². The van der Waals surface area contributed by atoms with Gasteiger partial charge in [0.25, 0.3) is 0 Å². The molecule has 2 atom stereocenters. The van der Waals surface area contributed by atoms with Gasteiger partial charge in [-0.05, 0) is 176 Å². The second-order valence-corrected chi connectivity index (χ2v) is 20.0. The summed E-state index contributed by atoms with van der Waals surface area (Å²) in [5.41, 5.74) is 23.0. The molecule has 3 aliphatic rings. The number of benzene rings is 6. The number of Topliss-reactive ketones (excluding diaryl/α,β-unsaturated/α-hetero) is 1. The molecule has 0 aromatic heterocycles. The number of aliphatic hydroxyl groups excluding tert-OH is 1. The third kappa shape index (κ3) is 6.57. The number of aliphatic hydroxyl groups is 1. The normalized spacial score (nSPS) is 18.2. The number of carbonyl (C=O) groups excluding carboxylic acids is 1. The maximum Gasteiger partial charge on any atom is 0.159 e. The van der Waals surface area contributed by atoms with Crippen molar-refractivity contribution < 1.29 is 9.90 Å². The number of nitrogens with zero attached hydrogens (tertiary/aromatic N) is 1. The standard InChI is InChI=1S/C59H63NO2/c1-36-13-22-45(23-14-36)60(46-24-18-43(19-25-46)57(7,8)53-31-15-37(2)34-42(53)35-52(40(5)61)41(6)62)47-26-20-44(21-27-47)58(9,10)54-32-30-50-49-28-16-38(3)48-29-17-39(4)59(55(48)49)33-11-12-51(54)56(50)59/h13-16,18-28,30-32,34,39,61H,11-12,17,29,33,35H2,1-10H3/t39?,59-/m0/s1. The van der Waals surface area contributed by atoms with Crippen LogP contribution in [0.3, 0.4) is 0 Å². The zero-order valence-electron chi connectivity index (χ0n) is 38.6. The lowest BCUT2D eigenvalue weighted by Crippen LogP contribution is -2.41. The molecule has 1 spiro atoms. The van der Waals surface area contributed by atoms with E-state index >= 15 is 0 Å². The summed E-state index contributed by atoms with van der Waals surface area (Å²) in [5, 5.41) is 10.4. The lowest BCUT2D eigenvalue weighted by atomic mass is 9.56. The topological polar surface area (TPSA) is 40.5 Å². The van der Waals surface area contributed by atoms with Crippen molar-refractivity contribution in [3.05, 3.63) is 193 Å². The van der Waals surface area contributed by atoms with Crippen molar-refractivity contribution in [2.75, 3.05) is 4.90 Å². The highest BCUT2D eigenvalue weighted by atomic mass is 16.3. The van der Waals surface area contributed by atoms with Crippen molar-refractivity contribution in [3.8, 4) is 11.1 Å². The first-order chi connectivity index (χ1) is 29.5. The minimum atomic E-state index is -0.357. The molecule has 1 N–H and O–H groups in total. The number of aryl methyl sites for hydroxylation is 3. The first kappa shape index (κ1) is 41.7. The van der Waals surface area contributed by atoms with Gasteiger partial charge in [-0.2, -0.15) is 0 Å². The smallest absolute Gasteiger partial charge is 0.159 e. The summed E-state index contributed by atoms with van der Waals surface area (Å²) in [4.78, 5) is 14.9. The molecular formula is C59H63NO2. The number of rotatable bonds is 10. The summed E-state index contributed by atoms with van der Waals surface area (Å²) in [6.45, 7) is 21.6. The molecule has 0 bridgehead atoms. The SMILES string of the molecule is CC(=O)C(Cc1cc(C)ccc1C(C)(C)c1ccc(N(c2ccc(C)cc2)c2ccc(C(C)(C)c3ccc4c5c3CCC[C@]53c5c-4ccc(C)c5CCC3C)cc2)cc1)=C(C)O. The van der Waals surface area contributed by atoms with Gasteiger partial charge in [-0.3, -0.25) is 4.79 Å². The van der Waals surface area contributed by atoms with Crippen LogP contribution >= 0.6 is 0 Å². The summed E-state index contributed by atoms with van der Waals surface area (Å²) in [7, 11) is 0. The van der Waals surface area contributed by atoms with Gasteiger partial charge in [-0.15, -0.1) is 0 Å². The fraction of sp³-hybridized carbons (Fsp3) is 0.339. The van der Waals surface area contributed by atoms with Crippen LogP contribution in [0, 0.1) is 26.7 Å². The summed E-state index contributed by atoms with van der Waals surface area (Å²) in [6, 6.07) is 43.4.